The second kappa shape index (κ2) is 10.6. The zero-order valence-electron chi connectivity index (χ0n) is 17.5. The number of aliphatic carboxylic acids is 1. The second-order valence-electron chi connectivity index (χ2n) is 7.09. The van der Waals surface area contributed by atoms with Crippen molar-refractivity contribution in [1.29, 1.82) is 0 Å². The first-order valence-corrected chi connectivity index (χ1v) is 11.3. The molecule has 0 aliphatic rings. The number of hydrogen-bond donors (Lipinski definition) is 2. The van der Waals surface area contributed by atoms with Gasteiger partial charge < -0.3 is 15.0 Å². The molecular formula is C24H25N3O3S. The van der Waals surface area contributed by atoms with Crippen LogP contribution in [0.15, 0.2) is 61.2 Å². The molecule has 0 radical (unpaired) electrons. The summed E-state index contributed by atoms with van der Waals surface area (Å²) in [6.45, 7) is 1.99. The molecule has 6 nitrogen and oxygen atoms in total. The summed E-state index contributed by atoms with van der Waals surface area (Å²) in [5.74, 6) is -0.767. The van der Waals surface area contributed by atoms with Crippen LogP contribution in [0.4, 0.5) is 0 Å². The smallest absolute Gasteiger partial charge is 0.326 e. The third-order valence-corrected chi connectivity index (χ3v) is 5.55. The Labute approximate surface area is 186 Å². The third-order valence-electron chi connectivity index (χ3n) is 4.90. The van der Waals surface area contributed by atoms with Crippen molar-refractivity contribution in [2.24, 2.45) is 0 Å². The van der Waals surface area contributed by atoms with Gasteiger partial charge >= 0.3 is 5.97 Å². The molecule has 7 heteroatoms. The molecule has 1 atom stereocenters. The monoisotopic (exact) mass is 435 g/mol. The minimum atomic E-state index is -1.03. The average molecular weight is 436 g/mol. The maximum absolute atomic E-state index is 13.1. The first-order chi connectivity index (χ1) is 15.0. The quantitative estimate of drug-likeness (QED) is 0.520. The molecule has 0 aliphatic heterocycles. The summed E-state index contributed by atoms with van der Waals surface area (Å²) >= 11 is 1.55. The van der Waals surface area contributed by atoms with E-state index >= 15 is 0 Å². The van der Waals surface area contributed by atoms with Crippen LogP contribution in [0.2, 0.25) is 0 Å². The molecule has 31 heavy (non-hydrogen) atoms. The van der Waals surface area contributed by atoms with Gasteiger partial charge in [0.25, 0.3) is 5.91 Å². The maximum atomic E-state index is 13.1. The summed E-state index contributed by atoms with van der Waals surface area (Å²) in [6, 6.07) is 12.4. The van der Waals surface area contributed by atoms with Crippen molar-refractivity contribution in [2.75, 3.05) is 12.0 Å². The van der Waals surface area contributed by atoms with Crippen LogP contribution in [0.3, 0.4) is 0 Å². The zero-order chi connectivity index (χ0) is 22.2. The van der Waals surface area contributed by atoms with E-state index in [9.17, 15) is 14.7 Å². The third kappa shape index (κ3) is 5.86. The van der Waals surface area contributed by atoms with Crippen molar-refractivity contribution in [3.05, 3.63) is 77.9 Å². The van der Waals surface area contributed by atoms with E-state index in [1.54, 1.807) is 30.4 Å². The summed E-state index contributed by atoms with van der Waals surface area (Å²) in [6.07, 6.45) is 11.3. The number of carboxylic acid groups (broad SMARTS) is 1. The van der Waals surface area contributed by atoms with Gasteiger partial charge in [0.1, 0.15) is 6.04 Å². The van der Waals surface area contributed by atoms with E-state index in [-0.39, 0.29) is 0 Å². The number of aryl methyl sites for hydroxylation is 1. The average Bonchev–Trinajstić information content (AvgIpc) is 3.29. The molecule has 0 saturated heterocycles. The number of nitrogens with zero attached hydrogens (tertiary/aromatic N) is 2. The Balaban J connectivity index is 1.97. The highest BCUT2D eigenvalue weighted by Gasteiger charge is 2.22. The number of benzene rings is 2. The lowest BCUT2D eigenvalue weighted by Gasteiger charge is -2.17. The van der Waals surface area contributed by atoms with E-state index in [0.29, 0.717) is 17.7 Å². The molecule has 3 rings (SSSR count). The van der Waals surface area contributed by atoms with Gasteiger partial charge in [-0.2, -0.15) is 11.8 Å². The second-order valence-corrected chi connectivity index (χ2v) is 8.08. The number of thioether (sulfide) groups is 1. The molecular weight excluding hydrogens is 410 g/mol. The highest BCUT2D eigenvalue weighted by atomic mass is 32.2. The number of aromatic nitrogens is 2. The van der Waals surface area contributed by atoms with Crippen molar-refractivity contribution >= 4 is 35.9 Å². The van der Waals surface area contributed by atoms with Crippen LogP contribution in [0.25, 0.3) is 23.4 Å². The van der Waals surface area contributed by atoms with Gasteiger partial charge in [-0.25, -0.2) is 9.78 Å². The lowest BCUT2D eigenvalue weighted by atomic mass is 9.93. The number of amides is 1. The molecule has 1 aromatic heterocycles. The maximum Gasteiger partial charge on any atom is 0.326 e. The van der Waals surface area contributed by atoms with E-state index in [1.807, 2.05) is 72.6 Å². The summed E-state index contributed by atoms with van der Waals surface area (Å²) < 4.78 is 1.83. The highest BCUT2D eigenvalue weighted by molar-refractivity contribution is 7.98. The Bertz CT molecular complexity index is 1080. The van der Waals surface area contributed by atoms with Crippen molar-refractivity contribution in [3.8, 4) is 11.1 Å². The van der Waals surface area contributed by atoms with Crippen molar-refractivity contribution < 1.29 is 14.7 Å². The van der Waals surface area contributed by atoms with E-state index in [4.69, 9.17) is 0 Å². The van der Waals surface area contributed by atoms with Crippen LogP contribution in [0.5, 0.6) is 0 Å². The first kappa shape index (κ1) is 22.4. The normalized spacial score (nSPS) is 12.1. The van der Waals surface area contributed by atoms with Gasteiger partial charge in [0.05, 0.1) is 6.33 Å². The van der Waals surface area contributed by atoms with E-state index in [0.717, 1.165) is 22.3 Å². The molecule has 0 spiro atoms. The fraction of sp³-hybridized carbons (Fsp3) is 0.208. The number of hydrogen-bond acceptors (Lipinski definition) is 4. The predicted molar refractivity (Wildman–Crippen MR) is 126 cm³/mol. The molecule has 0 aliphatic carbocycles. The standard InChI is InChI=1S/C24H25N3O3S/c1-17-5-3-4-6-19(17)21-15-18(9-12-27-13-11-25-16-27)7-8-20(21)23(28)26-22(24(29)30)10-14-31-2/h3-9,11-13,15-16,22H,10,14H2,1-2H3,(H,26,28)(H,29,30)/t22-/m0/s1. The molecule has 2 N–H and O–H groups in total. The van der Waals surface area contributed by atoms with Gasteiger partial charge in [-0.15, -0.1) is 0 Å². The molecule has 0 bridgehead atoms. The Morgan fingerprint density at radius 3 is 2.71 bits per heavy atom. The number of carbonyl (C=O) groups excluding carboxylic acids is 1. The SMILES string of the molecule is CSCC[C@H](NC(=O)c1ccc(C=Cn2ccnc2)cc1-c1ccccc1C)C(=O)O. The summed E-state index contributed by atoms with van der Waals surface area (Å²) in [5, 5.41) is 12.2. The molecule has 1 heterocycles. The lowest BCUT2D eigenvalue weighted by molar-refractivity contribution is -0.139. The van der Waals surface area contributed by atoms with Crippen LogP contribution in [-0.2, 0) is 4.79 Å². The van der Waals surface area contributed by atoms with Crippen LogP contribution >= 0.6 is 11.8 Å². The molecule has 1 amide bonds. The summed E-state index contributed by atoms with van der Waals surface area (Å²) in [5.41, 5.74) is 4.09. The predicted octanol–water partition coefficient (Wildman–Crippen LogP) is 4.42. The fourth-order valence-corrected chi connectivity index (χ4v) is 3.69. The molecule has 0 fully saturated rings. The van der Waals surface area contributed by atoms with E-state index < -0.39 is 17.9 Å². The fourth-order valence-electron chi connectivity index (χ4n) is 3.22. The molecule has 0 unspecified atom stereocenters. The Morgan fingerprint density at radius 1 is 1.23 bits per heavy atom. The Morgan fingerprint density at radius 2 is 2.03 bits per heavy atom. The summed E-state index contributed by atoms with van der Waals surface area (Å²) in [4.78, 5) is 28.7. The Hall–Kier alpha value is -3.32. The molecule has 160 valence electrons. The van der Waals surface area contributed by atoms with Gasteiger partial charge in [-0.05, 0) is 65.8 Å². The number of imidazole rings is 1. The van der Waals surface area contributed by atoms with Crippen LogP contribution in [-0.4, -0.2) is 44.6 Å². The molecule has 0 saturated carbocycles. The van der Waals surface area contributed by atoms with E-state index in [1.165, 1.54) is 0 Å². The minimum Gasteiger partial charge on any atom is -0.480 e. The number of rotatable bonds is 9. The Kier molecular flexibility index (Phi) is 7.67. The first-order valence-electron chi connectivity index (χ1n) is 9.88. The topological polar surface area (TPSA) is 84.2 Å². The molecule has 2 aromatic carbocycles. The summed E-state index contributed by atoms with van der Waals surface area (Å²) in [7, 11) is 0. The van der Waals surface area contributed by atoms with Gasteiger partial charge in [0.15, 0.2) is 0 Å². The van der Waals surface area contributed by atoms with Crippen LogP contribution in [0, 0.1) is 6.92 Å². The van der Waals surface area contributed by atoms with Crippen molar-refractivity contribution in [3.63, 3.8) is 0 Å². The number of nitrogens with one attached hydrogen (secondary N) is 1. The number of carboxylic acids is 1. The van der Waals surface area contributed by atoms with Gasteiger partial charge in [0, 0.05) is 24.2 Å². The van der Waals surface area contributed by atoms with E-state index in [2.05, 4.69) is 10.3 Å². The van der Waals surface area contributed by atoms with Crippen LogP contribution in [0.1, 0.15) is 27.9 Å². The van der Waals surface area contributed by atoms with Crippen molar-refractivity contribution in [2.45, 2.75) is 19.4 Å². The largest absolute Gasteiger partial charge is 0.480 e. The van der Waals surface area contributed by atoms with Crippen molar-refractivity contribution in [1.82, 2.24) is 14.9 Å². The minimum absolute atomic E-state index is 0.369. The molecule has 3 aromatic rings. The van der Waals surface area contributed by atoms with Gasteiger partial charge in [0.2, 0.25) is 0 Å². The van der Waals surface area contributed by atoms with Gasteiger partial charge in [-0.1, -0.05) is 30.3 Å². The highest BCUT2D eigenvalue weighted by Crippen LogP contribution is 2.29. The van der Waals surface area contributed by atoms with Gasteiger partial charge in [-0.3, -0.25) is 4.79 Å². The number of carbonyl (C=O) groups is 2. The zero-order valence-corrected chi connectivity index (χ0v) is 18.3. The van der Waals surface area contributed by atoms with Crippen LogP contribution < -0.4 is 5.32 Å². The lowest BCUT2D eigenvalue weighted by Crippen LogP contribution is -2.41.